The third-order valence-electron chi connectivity index (χ3n) is 3.69. The lowest BCUT2D eigenvalue weighted by molar-refractivity contribution is 0.0914. The van der Waals surface area contributed by atoms with E-state index >= 15 is 0 Å². The van der Waals surface area contributed by atoms with Crippen LogP contribution < -0.4 is 5.32 Å². The molecular formula is C18H22FNOS. The summed E-state index contributed by atoms with van der Waals surface area (Å²) in [5, 5.41) is 3.12. The summed E-state index contributed by atoms with van der Waals surface area (Å²) in [6.45, 7) is 8.46. The molecule has 0 aliphatic rings. The van der Waals surface area contributed by atoms with E-state index in [0.29, 0.717) is 16.7 Å². The molecule has 0 aliphatic heterocycles. The van der Waals surface area contributed by atoms with Gasteiger partial charge in [0.15, 0.2) is 0 Å². The average Bonchev–Trinajstić information content (AvgIpc) is 2.94. The van der Waals surface area contributed by atoms with Gasteiger partial charge in [0, 0.05) is 10.9 Å². The van der Waals surface area contributed by atoms with Crippen molar-refractivity contribution in [1.82, 2.24) is 5.32 Å². The van der Waals surface area contributed by atoms with E-state index in [9.17, 15) is 9.18 Å². The quantitative estimate of drug-likeness (QED) is 0.828. The maximum atomic E-state index is 13.0. The predicted octanol–water partition coefficient (Wildman–Crippen LogP) is 4.96. The fraction of sp³-hybridized carbons (Fsp3) is 0.389. The van der Waals surface area contributed by atoms with Crippen LogP contribution >= 0.6 is 11.3 Å². The predicted molar refractivity (Wildman–Crippen MR) is 90.6 cm³/mol. The number of benzene rings is 1. The lowest BCUT2D eigenvalue weighted by Gasteiger charge is -2.25. The van der Waals surface area contributed by atoms with Crippen LogP contribution in [0, 0.1) is 17.7 Å². The van der Waals surface area contributed by atoms with Gasteiger partial charge in [0.25, 0.3) is 5.91 Å². The molecule has 0 spiro atoms. The average molecular weight is 319 g/mol. The van der Waals surface area contributed by atoms with Crippen molar-refractivity contribution < 1.29 is 9.18 Å². The number of halogens is 1. The summed E-state index contributed by atoms with van der Waals surface area (Å²) in [6, 6.07) is 10.2. The van der Waals surface area contributed by atoms with Gasteiger partial charge in [-0.3, -0.25) is 4.79 Å². The molecule has 2 nitrogen and oxygen atoms in total. The zero-order valence-corrected chi connectivity index (χ0v) is 14.2. The number of hydrogen-bond donors (Lipinski definition) is 1. The molecule has 4 heteroatoms. The first-order valence-corrected chi connectivity index (χ1v) is 8.36. The van der Waals surface area contributed by atoms with Crippen molar-refractivity contribution in [1.29, 1.82) is 0 Å². The Balaban J connectivity index is 2.13. The summed E-state index contributed by atoms with van der Waals surface area (Å²) in [5.74, 6) is 0.488. The Labute approximate surface area is 135 Å². The minimum absolute atomic E-state index is 0.0363. The van der Waals surface area contributed by atoms with Crippen molar-refractivity contribution in [3.8, 4) is 10.4 Å². The molecule has 2 rings (SSSR count). The van der Waals surface area contributed by atoms with Crippen LogP contribution in [0.3, 0.4) is 0 Å². The molecule has 0 saturated heterocycles. The second-order valence-corrected chi connectivity index (χ2v) is 7.24. The van der Waals surface area contributed by atoms with Crippen molar-refractivity contribution in [2.24, 2.45) is 11.8 Å². The van der Waals surface area contributed by atoms with E-state index in [0.717, 1.165) is 10.4 Å². The fourth-order valence-electron chi connectivity index (χ4n) is 2.55. The highest BCUT2D eigenvalue weighted by Crippen LogP contribution is 2.28. The summed E-state index contributed by atoms with van der Waals surface area (Å²) in [4.78, 5) is 14.1. The Morgan fingerprint density at radius 2 is 1.59 bits per heavy atom. The summed E-state index contributed by atoms with van der Waals surface area (Å²) in [7, 11) is 0. The molecule has 1 N–H and O–H groups in total. The van der Waals surface area contributed by atoms with Crippen LogP contribution in [0.1, 0.15) is 37.4 Å². The molecule has 0 fully saturated rings. The van der Waals surface area contributed by atoms with Gasteiger partial charge in [0.05, 0.1) is 4.88 Å². The van der Waals surface area contributed by atoms with Crippen LogP contribution in [0.5, 0.6) is 0 Å². The van der Waals surface area contributed by atoms with E-state index in [2.05, 4.69) is 33.0 Å². The zero-order chi connectivity index (χ0) is 16.3. The Hall–Kier alpha value is -1.68. The van der Waals surface area contributed by atoms with E-state index in [-0.39, 0.29) is 17.8 Å². The van der Waals surface area contributed by atoms with Crippen molar-refractivity contribution in [2.45, 2.75) is 33.7 Å². The van der Waals surface area contributed by atoms with Crippen molar-refractivity contribution in [3.05, 3.63) is 47.1 Å². The second kappa shape index (κ2) is 7.05. The van der Waals surface area contributed by atoms with Crippen molar-refractivity contribution >= 4 is 17.2 Å². The zero-order valence-electron chi connectivity index (χ0n) is 13.4. The molecule has 22 heavy (non-hydrogen) atoms. The highest BCUT2D eigenvalue weighted by atomic mass is 32.1. The van der Waals surface area contributed by atoms with E-state index in [1.807, 2.05) is 12.1 Å². The van der Waals surface area contributed by atoms with Gasteiger partial charge in [-0.1, -0.05) is 39.8 Å². The van der Waals surface area contributed by atoms with Crippen LogP contribution in [-0.2, 0) is 0 Å². The van der Waals surface area contributed by atoms with E-state index in [1.165, 1.54) is 23.5 Å². The maximum Gasteiger partial charge on any atom is 0.261 e. The number of carbonyl (C=O) groups is 1. The molecule has 1 aromatic carbocycles. The highest BCUT2D eigenvalue weighted by molar-refractivity contribution is 7.17. The smallest absolute Gasteiger partial charge is 0.261 e. The van der Waals surface area contributed by atoms with Crippen molar-refractivity contribution in [3.63, 3.8) is 0 Å². The van der Waals surface area contributed by atoms with Gasteiger partial charge in [-0.25, -0.2) is 4.39 Å². The molecule has 0 bridgehead atoms. The number of rotatable bonds is 5. The van der Waals surface area contributed by atoms with E-state index < -0.39 is 0 Å². The molecule has 0 atom stereocenters. The third-order valence-corrected chi connectivity index (χ3v) is 4.83. The second-order valence-electron chi connectivity index (χ2n) is 6.16. The van der Waals surface area contributed by atoms with Gasteiger partial charge >= 0.3 is 0 Å². The van der Waals surface area contributed by atoms with Crippen molar-refractivity contribution in [2.75, 3.05) is 0 Å². The standard InChI is InChI=1S/C18H22FNOS/c1-11(2)17(12(3)4)20-18(21)16-10-9-15(22-16)13-5-7-14(19)8-6-13/h5-12,17H,1-4H3,(H,20,21). The summed E-state index contributed by atoms with van der Waals surface area (Å²) >= 11 is 1.43. The van der Waals surface area contributed by atoms with E-state index in [4.69, 9.17) is 0 Å². The Morgan fingerprint density at radius 1 is 1.00 bits per heavy atom. The lowest BCUT2D eigenvalue weighted by atomic mass is 9.93. The molecule has 0 saturated carbocycles. The molecule has 0 aliphatic carbocycles. The first-order valence-electron chi connectivity index (χ1n) is 7.55. The SMILES string of the molecule is CC(C)C(NC(=O)c1ccc(-c2ccc(F)cc2)s1)C(C)C. The minimum Gasteiger partial charge on any atom is -0.348 e. The minimum atomic E-state index is -0.255. The fourth-order valence-corrected chi connectivity index (χ4v) is 3.47. The highest BCUT2D eigenvalue weighted by Gasteiger charge is 2.21. The number of hydrogen-bond acceptors (Lipinski definition) is 2. The molecule has 2 aromatic rings. The summed E-state index contributed by atoms with van der Waals surface area (Å²) in [6.07, 6.45) is 0. The van der Waals surface area contributed by atoms with Crippen LogP contribution in [0.4, 0.5) is 4.39 Å². The van der Waals surface area contributed by atoms with Gasteiger partial charge in [-0.05, 0) is 41.7 Å². The van der Waals surface area contributed by atoms with Gasteiger partial charge in [0.2, 0.25) is 0 Å². The van der Waals surface area contributed by atoms with Gasteiger partial charge in [-0.2, -0.15) is 0 Å². The summed E-state index contributed by atoms with van der Waals surface area (Å²) in [5.41, 5.74) is 0.926. The Bertz CT molecular complexity index is 623. The molecule has 1 aromatic heterocycles. The molecule has 118 valence electrons. The molecule has 0 radical (unpaired) electrons. The Kier molecular flexibility index (Phi) is 5.35. The monoisotopic (exact) mass is 319 g/mol. The van der Waals surface area contributed by atoms with Gasteiger partial charge < -0.3 is 5.32 Å². The molecule has 0 unspecified atom stereocenters. The maximum absolute atomic E-state index is 13.0. The lowest BCUT2D eigenvalue weighted by Crippen LogP contribution is -2.41. The summed E-state index contributed by atoms with van der Waals surface area (Å²) < 4.78 is 13.0. The van der Waals surface area contributed by atoms with Crippen LogP contribution in [0.2, 0.25) is 0 Å². The van der Waals surface area contributed by atoms with Crippen LogP contribution in [0.25, 0.3) is 10.4 Å². The number of thiophene rings is 1. The number of carbonyl (C=O) groups excluding carboxylic acids is 1. The topological polar surface area (TPSA) is 29.1 Å². The van der Waals surface area contributed by atoms with Crippen LogP contribution in [-0.4, -0.2) is 11.9 Å². The number of amides is 1. The number of nitrogens with one attached hydrogen (secondary N) is 1. The Morgan fingerprint density at radius 3 is 2.14 bits per heavy atom. The first-order chi connectivity index (χ1) is 10.4. The molecule has 1 heterocycles. The van der Waals surface area contributed by atoms with Crippen LogP contribution in [0.15, 0.2) is 36.4 Å². The van der Waals surface area contributed by atoms with Gasteiger partial charge in [-0.15, -0.1) is 11.3 Å². The molecule has 1 amide bonds. The first kappa shape index (κ1) is 16.7. The normalized spacial score (nSPS) is 11.5. The third kappa shape index (κ3) is 3.95. The molecular weight excluding hydrogens is 297 g/mol. The van der Waals surface area contributed by atoms with E-state index in [1.54, 1.807) is 12.1 Å². The van der Waals surface area contributed by atoms with Gasteiger partial charge in [0.1, 0.15) is 5.82 Å². The largest absolute Gasteiger partial charge is 0.348 e.